The zero-order valence-corrected chi connectivity index (χ0v) is 11.3. The number of nitrogens with one attached hydrogen (secondary N) is 1. The van der Waals surface area contributed by atoms with Gasteiger partial charge in [0.05, 0.1) is 0 Å². The predicted molar refractivity (Wildman–Crippen MR) is 74.3 cm³/mol. The third-order valence-electron chi connectivity index (χ3n) is 2.51. The molecule has 0 saturated carbocycles. The molecule has 1 N–H and O–H groups in total. The zero-order valence-electron chi connectivity index (χ0n) is 10.5. The highest BCUT2D eigenvalue weighted by Gasteiger charge is 2.04. The normalized spacial score (nSPS) is 11.1. The Balaban J connectivity index is 2.12. The Bertz CT molecular complexity index is 488. The van der Waals surface area contributed by atoms with E-state index in [0.717, 1.165) is 6.54 Å². The van der Waals surface area contributed by atoms with Crippen LogP contribution in [-0.2, 0) is 6.54 Å². The highest BCUT2D eigenvalue weighted by molar-refractivity contribution is 7.15. The monoisotopic (exact) mass is 246 g/mol. The third-order valence-corrected chi connectivity index (χ3v) is 3.64. The molecule has 0 fully saturated rings. The molecule has 0 aromatic carbocycles. The highest BCUT2D eigenvalue weighted by Crippen LogP contribution is 2.27. The summed E-state index contributed by atoms with van der Waals surface area (Å²) in [5.41, 5.74) is 2.42. The van der Waals surface area contributed by atoms with Crippen molar-refractivity contribution >= 4 is 11.3 Å². The topological polar surface area (TPSA) is 24.9 Å². The molecule has 0 bridgehead atoms. The van der Waals surface area contributed by atoms with Crippen molar-refractivity contribution in [2.45, 2.75) is 33.4 Å². The first-order valence-electron chi connectivity index (χ1n) is 5.89. The van der Waals surface area contributed by atoms with Crippen molar-refractivity contribution in [2.24, 2.45) is 0 Å². The highest BCUT2D eigenvalue weighted by atomic mass is 32.1. The van der Waals surface area contributed by atoms with Crippen LogP contribution in [0, 0.1) is 6.92 Å². The summed E-state index contributed by atoms with van der Waals surface area (Å²) in [6, 6.07) is 7.08. The van der Waals surface area contributed by atoms with Crippen molar-refractivity contribution in [3.8, 4) is 10.4 Å². The average Bonchev–Trinajstić information content (AvgIpc) is 2.75. The lowest BCUT2D eigenvalue weighted by Crippen LogP contribution is -2.21. The van der Waals surface area contributed by atoms with Gasteiger partial charge in [0, 0.05) is 40.3 Å². The molecule has 2 aromatic rings. The van der Waals surface area contributed by atoms with Gasteiger partial charge in [-0.2, -0.15) is 0 Å². The molecule has 0 unspecified atom stereocenters. The third kappa shape index (κ3) is 3.38. The van der Waals surface area contributed by atoms with Gasteiger partial charge >= 0.3 is 0 Å². The maximum absolute atomic E-state index is 4.24. The zero-order chi connectivity index (χ0) is 12.3. The van der Waals surface area contributed by atoms with Crippen molar-refractivity contribution in [2.75, 3.05) is 0 Å². The number of pyridine rings is 1. The van der Waals surface area contributed by atoms with E-state index in [0.29, 0.717) is 6.04 Å². The quantitative estimate of drug-likeness (QED) is 0.891. The molecule has 90 valence electrons. The lowest BCUT2D eigenvalue weighted by atomic mass is 10.2. The largest absolute Gasteiger partial charge is 0.310 e. The minimum absolute atomic E-state index is 0.529. The lowest BCUT2D eigenvalue weighted by molar-refractivity contribution is 0.593. The first-order valence-corrected chi connectivity index (χ1v) is 6.71. The van der Waals surface area contributed by atoms with Crippen molar-refractivity contribution in [1.29, 1.82) is 0 Å². The fourth-order valence-corrected chi connectivity index (χ4v) is 2.56. The van der Waals surface area contributed by atoms with Crippen LogP contribution in [0.4, 0.5) is 0 Å². The molecule has 0 saturated heterocycles. The van der Waals surface area contributed by atoms with Gasteiger partial charge in [0.2, 0.25) is 0 Å². The van der Waals surface area contributed by atoms with E-state index in [9.17, 15) is 0 Å². The molecule has 2 heterocycles. The molecule has 0 aliphatic heterocycles. The van der Waals surface area contributed by atoms with Crippen LogP contribution in [0.25, 0.3) is 10.4 Å². The Morgan fingerprint density at radius 3 is 2.82 bits per heavy atom. The van der Waals surface area contributed by atoms with E-state index >= 15 is 0 Å². The molecule has 2 rings (SSSR count). The summed E-state index contributed by atoms with van der Waals surface area (Å²) in [6.45, 7) is 7.35. The number of nitrogens with zero attached hydrogens (tertiary/aromatic N) is 1. The van der Waals surface area contributed by atoms with Gasteiger partial charge in [-0.25, -0.2) is 0 Å². The standard InChI is InChI=1S/C14H18N2S/c1-10(2)16-9-13-4-5-14(17-13)12-6-11(3)7-15-8-12/h4-8,10,16H,9H2,1-3H3. The van der Waals surface area contributed by atoms with Crippen LogP contribution in [0.1, 0.15) is 24.3 Å². The van der Waals surface area contributed by atoms with Crippen LogP contribution in [0.2, 0.25) is 0 Å². The fraction of sp³-hybridized carbons (Fsp3) is 0.357. The molecule has 2 aromatic heterocycles. The number of aryl methyl sites for hydroxylation is 1. The Morgan fingerprint density at radius 2 is 2.12 bits per heavy atom. The minimum Gasteiger partial charge on any atom is -0.310 e. The molecule has 0 spiro atoms. The van der Waals surface area contributed by atoms with Gasteiger partial charge in [-0.05, 0) is 30.7 Å². The molecule has 0 atom stereocenters. The summed E-state index contributed by atoms with van der Waals surface area (Å²) in [5, 5.41) is 3.43. The number of hydrogen-bond acceptors (Lipinski definition) is 3. The Hall–Kier alpha value is -1.19. The molecule has 0 amide bonds. The minimum atomic E-state index is 0.529. The average molecular weight is 246 g/mol. The lowest BCUT2D eigenvalue weighted by Gasteiger charge is -2.05. The van der Waals surface area contributed by atoms with Crippen LogP contribution in [0.15, 0.2) is 30.6 Å². The van der Waals surface area contributed by atoms with E-state index in [4.69, 9.17) is 0 Å². The molecular weight excluding hydrogens is 228 g/mol. The first-order chi connectivity index (χ1) is 8.15. The SMILES string of the molecule is Cc1cncc(-c2ccc(CNC(C)C)s2)c1. The van der Waals surface area contributed by atoms with E-state index in [1.165, 1.54) is 20.9 Å². The fourth-order valence-electron chi connectivity index (χ4n) is 1.62. The van der Waals surface area contributed by atoms with Crippen LogP contribution in [0.5, 0.6) is 0 Å². The Morgan fingerprint density at radius 1 is 1.29 bits per heavy atom. The van der Waals surface area contributed by atoms with E-state index in [1.807, 2.05) is 23.7 Å². The van der Waals surface area contributed by atoms with Gasteiger partial charge in [0.15, 0.2) is 0 Å². The van der Waals surface area contributed by atoms with E-state index in [2.05, 4.69) is 49.3 Å². The second kappa shape index (κ2) is 5.43. The molecule has 3 heteroatoms. The number of hydrogen-bond donors (Lipinski definition) is 1. The molecular formula is C14H18N2S. The van der Waals surface area contributed by atoms with E-state index in [1.54, 1.807) is 0 Å². The molecule has 0 aliphatic carbocycles. The van der Waals surface area contributed by atoms with Gasteiger partial charge in [-0.15, -0.1) is 11.3 Å². The summed E-state index contributed by atoms with van der Waals surface area (Å²) >= 11 is 1.83. The van der Waals surface area contributed by atoms with Crippen molar-refractivity contribution in [1.82, 2.24) is 10.3 Å². The van der Waals surface area contributed by atoms with Gasteiger partial charge in [0.1, 0.15) is 0 Å². The summed E-state index contributed by atoms with van der Waals surface area (Å²) < 4.78 is 0. The molecule has 0 aliphatic rings. The Kier molecular flexibility index (Phi) is 3.92. The Labute approximate surface area is 107 Å². The van der Waals surface area contributed by atoms with Crippen LogP contribution < -0.4 is 5.32 Å². The summed E-state index contributed by atoms with van der Waals surface area (Å²) in [7, 11) is 0. The molecule has 0 radical (unpaired) electrons. The second-order valence-electron chi connectivity index (χ2n) is 4.55. The molecule has 2 nitrogen and oxygen atoms in total. The predicted octanol–water partition coefficient (Wildman–Crippen LogP) is 3.62. The summed E-state index contributed by atoms with van der Waals surface area (Å²) in [5.74, 6) is 0. The smallest absolute Gasteiger partial charge is 0.0361 e. The maximum atomic E-state index is 4.24. The van der Waals surface area contributed by atoms with Gasteiger partial charge in [0.25, 0.3) is 0 Å². The van der Waals surface area contributed by atoms with Gasteiger partial charge in [-0.3, -0.25) is 4.98 Å². The number of thiophene rings is 1. The summed E-state index contributed by atoms with van der Waals surface area (Å²) in [4.78, 5) is 6.90. The maximum Gasteiger partial charge on any atom is 0.0361 e. The van der Waals surface area contributed by atoms with Crippen molar-refractivity contribution in [3.05, 3.63) is 41.0 Å². The van der Waals surface area contributed by atoms with Crippen LogP contribution >= 0.6 is 11.3 Å². The van der Waals surface area contributed by atoms with E-state index < -0.39 is 0 Å². The van der Waals surface area contributed by atoms with Gasteiger partial charge < -0.3 is 5.32 Å². The second-order valence-corrected chi connectivity index (χ2v) is 5.72. The molecule has 17 heavy (non-hydrogen) atoms. The van der Waals surface area contributed by atoms with Crippen molar-refractivity contribution < 1.29 is 0 Å². The summed E-state index contributed by atoms with van der Waals surface area (Å²) in [6.07, 6.45) is 3.82. The van der Waals surface area contributed by atoms with Crippen molar-refractivity contribution in [3.63, 3.8) is 0 Å². The van der Waals surface area contributed by atoms with E-state index in [-0.39, 0.29) is 0 Å². The number of rotatable bonds is 4. The van der Waals surface area contributed by atoms with Gasteiger partial charge in [-0.1, -0.05) is 13.8 Å². The van der Waals surface area contributed by atoms with Crippen LogP contribution in [0.3, 0.4) is 0 Å². The first kappa shape index (κ1) is 12.3. The van der Waals surface area contributed by atoms with Crippen LogP contribution in [-0.4, -0.2) is 11.0 Å². The number of aromatic nitrogens is 1.